The number of carbonyl (C=O) groups excluding carboxylic acids is 1. The molecule has 2 aromatic carbocycles. The average molecular weight is 345 g/mol. The molecule has 0 heterocycles. The maximum atomic E-state index is 12.3. The summed E-state index contributed by atoms with van der Waals surface area (Å²) in [6, 6.07) is 12.4. The summed E-state index contributed by atoms with van der Waals surface area (Å²) in [5.41, 5.74) is 0.419. The van der Waals surface area contributed by atoms with Gasteiger partial charge in [0.2, 0.25) is 0 Å². The van der Waals surface area contributed by atoms with Gasteiger partial charge in [0.25, 0.3) is 5.91 Å². The molecule has 25 heavy (non-hydrogen) atoms. The molecule has 6 heteroatoms. The average Bonchev–Trinajstić information content (AvgIpc) is 2.66. The fourth-order valence-corrected chi connectivity index (χ4v) is 2.22. The van der Waals surface area contributed by atoms with Crippen molar-refractivity contribution >= 4 is 5.91 Å². The van der Waals surface area contributed by atoms with E-state index in [0.717, 1.165) is 11.5 Å². The number of hydrogen-bond acceptors (Lipinski definition) is 5. The van der Waals surface area contributed by atoms with Crippen LogP contribution in [-0.2, 0) is 0 Å². The zero-order valence-electron chi connectivity index (χ0n) is 14.7. The van der Waals surface area contributed by atoms with Gasteiger partial charge in [-0.25, -0.2) is 0 Å². The van der Waals surface area contributed by atoms with Gasteiger partial charge in [0.05, 0.1) is 32.9 Å². The van der Waals surface area contributed by atoms with Crippen molar-refractivity contribution in [2.75, 3.05) is 34.0 Å². The summed E-state index contributed by atoms with van der Waals surface area (Å²) in [4.78, 5) is 12.3. The van der Waals surface area contributed by atoms with Gasteiger partial charge in [0.1, 0.15) is 29.6 Å². The molecule has 1 amide bonds. The van der Waals surface area contributed by atoms with Gasteiger partial charge >= 0.3 is 0 Å². The number of nitrogens with one attached hydrogen (secondary N) is 1. The number of benzene rings is 2. The molecule has 0 saturated carbocycles. The maximum Gasteiger partial charge on any atom is 0.255 e. The first kappa shape index (κ1) is 18.4. The zero-order valence-corrected chi connectivity index (χ0v) is 14.7. The molecular formula is C19H23NO5. The molecule has 1 N–H and O–H groups in total. The third-order valence-corrected chi connectivity index (χ3v) is 3.44. The molecule has 134 valence electrons. The SMILES string of the molecule is CCOc1ccc(OCCNC(=O)c2cc(OC)ccc2OC)cc1. The smallest absolute Gasteiger partial charge is 0.255 e. The first-order valence-corrected chi connectivity index (χ1v) is 8.03. The highest BCUT2D eigenvalue weighted by Crippen LogP contribution is 2.23. The molecule has 0 aliphatic carbocycles. The minimum atomic E-state index is -0.244. The Hall–Kier alpha value is -2.89. The van der Waals surface area contributed by atoms with E-state index in [1.807, 2.05) is 31.2 Å². The summed E-state index contributed by atoms with van der Waals surface area (Å²) in [6.45, 7) is 3.28. The van der Waals surface area contributed by atoms with E-state index < -0.39 is 0 Å². The monoisotopic (exact) mass is 345 g/mol. The predicted molar refractivity (Wildman–Crippen MR) is 95.0 cm³/mol. The van der Waals surface area contributed by atoms with E-state index in [4.69, 9.17) is 18.9 Å². The molecule has 2 rings (SSSR count). The van der Waals surface area contributed by atoms with Gasteiger partial charge in [-0.2, -0.15) is 0 Å². The molecule has 0 spiro atoms. The number of carbonyl (C=O) groups is 1. The van der Waals surface area contributed by atoms with Crippen LogP contribution in [0.3, 0.4) is 0 Å². The molecule has 0 aliphatic heterocycles. The van der Waals surface area contributed by atoms with E-state index in [-0.39, 0.29) is 5.91 Å². The summed E-state index contributed by atoms with van der Waals surface area (Å²) in [5, 5.41) is 2.80. The Balaban J connectivity index is 1.84. The lowest BCUT2D eigenvalue weighted by molar-refractivity contribution is 0.0943. The van der Waals surface area contributed by atoms with Crippen LogP contribution in [-0.4, -0.2) is 39.9 Å². The van der Waals surface area contributed by atoms with Crippen LogP contribution in [0.2, 0.25) is 0 Å². The van der Waals surface area contributed by atoms with Gasteiger partial charge < -0.3 is 24.3 Å². The normalized spacial score (nSPS) is 10.0. The Bertz CT molecular complexity index is 685. The minimum Gasteiger partial charge on any atom is -0.497 e. The van der Waals surface area contributed by atoms with Crippen LogP contribution in [0, 0.1) is 0 Å². The largest absolute Gasteiger partial charge is 0.497 e. The Labute approximate surface area is 147 Å². The molecule has 6 nitrogen and oxygen atoms in total. The lowest BCUT2D eigenvalue weighted by Gasteiger charge is -2.11. The molecule has 0 bridgehead atoms. The van der Waals surface area contributed by atoms with E-state index in [1.165, 1.54) is 7.11 Å². The van der Waals surface area contributed by atoms with E-state index >= 15 is 0 Å². The Kier molecular flexibility index (Phi) is 6.95. The molecular weight excluding hydrogens is 322 g/mol. The van der Waals surface area contributed by atoms with Crippen molar-refractivity contribution in [2.24, 2.45) is 0 Å². The van der Waals surface area contributed by atoms with E-state index in [1.54, 1.807) is 25.3 Å². The third kappa shape index (κ3) is 5.31. The minimum absolute atomic E-state index is 0.244. The lowest BCUT2D eigenvalue weighted by atomic mass is 10.1. The molecule has 0 aliphatic rings. The lowest BCUT2D eigenvalue weighted by Crippen LogP contribution is -2.28. The summed E-state index contributed by atoms with van der Waals surface area (Å²) in [5.74, 6) is 2.36. The summed E-state index contributed by atoms with van der Waals surface area (Å²) >= 11 is 0. The van der Waals surface area contributed by atoms with E-state index in [0.29, 0.717) is 36.8 Å². The van der Waals surface area contributed by atoms with Crippen molar-refractivity contribution in [2.45, 2.75) is 6.92 Å². The van der Waals surface area contributed by atoms with Gasteiger partial charge in [-0.15, -0.1) is 0 Å². The van der Waals surface area contributed by atoms with Gasteiger partial charge in [-0.3, -0.25) is 4.79 Å². The van der Waals surface area contributed by atoms with E-state index in [9.17, 15) is 4.79 Å². The second-order valence-electron chi connectivity index (χ2n) is 5.07. The standard InChI is InChI=1S/C19H23NO5/c1-4-24-14-5-7-15(8-6-14)25-12-11-20-19(21)17-13-16(22-2)9-10-18(17)23-3/h5-10,13H,4,11-12H2,1-3H3,(H,20,21). The second-order valence-corrected chi connectivity index (χ2v) is 5.07. The summed E-state index contributed by atoms with van der Waals surface area (Å²) < 4.78 is 21.3. The number of rotatable bonds is 9. The number of hydrogen-bond donors (Lipinski definition) is 1. The van der Waals surface area contributed by atoms with Crippen molar-refractivity contribution in [3.8, 4) is 23.0 Å². The van der Waals surface area contributed by atoms with Crippen molar-refractivity contribution in [3.63, 3.8) is 0 Å². The van der Waals surface area contributed by atoms with Gasteiger partial charge in [0.15, 0.2) is 0 Å². The van der Waals surface area contributed by atoms with E-state index in [2.05, 4.69) is 5.32 Å². The fraction of sp³-hybridized carbons (Fsp3) is 0.316. The molecule has 0 unspecified atom stereocenters. The predicted octanol–water partition coefficient (Wildman–Crippen LogP) is 2.91. The van der Waals surface area contributed by atoms with Crippen LogP contribution >= 0.6 is 0 Å². The Morgan fingerprint density at radius 2 is 1.56 bits per heavy atom. The van der Waals surface area contributed by atoms with Crippen molar-refractivity contribution in [3.05, 3.63) is 48.0 Å². The molecule has 0 fully saturated rings. The summed E-state index contributed by atoms with van der Waals surface area (Å²) in [7, 11) is 3.07. The number of amides is 1. The number of ether oxygens (including phenoxy) is 4. The Morgan fingerprint density at radius 1 is 0.920 bits per heavy atom. The zero-order chi connectivity index (χ0) is 18.1. The highest BCUT2D eigenvalue weighted by atomic mass is 16.5. The van der Waals surface area contributed by atoms with Crippen LogP contribution in [0.25, 0.3) is 0 Å². The molecule has 0 radical (unpaired) electrons. The maximum absolute atomic E-state index is 12.3. The van der Waals surface area contributed by atoms with Crippen molar-refractivity contribution in [1.29, 1.82) is 0 Å². The molecule has 0 aromatic heterocycles. The van der Waals surface area contributed by atoms with Crippen LogP contribution < -0.4 is 24.3 Å². The van der Waals surface area contributed by atoms with Crippen LogP contribution in [0.15, 0.2) is 42.5 Å². The second kappa shape index (κ2) is 9.42. The Morgan fingerprint density at radius 3 is 2.16 bits per heavy atom. The first-order chi connectivity index (χ1) is 12.2. The molecule has 2 aromatic rings. The topological polar surface area (TPSA) is 66.0 Å². The van der Waals surface area contributed by atoms with Gasteiger partial charge in [-0.1, -0.05) is 0 Å². The summed E-state index contributed by atoms with van der Waals surface area (Å²) in [6.07, 6.45) is 0. The van der Waals surface area contributed by atoms with Gasteiger partial charge in [-0.05, 0) is 49.4 Å². The third-order valence-electron chi connectivity index (χ3n) is 3.44. The molecule has 0 saturated heterocycles. The van der Waals surface area contributed by atoms with Crippen molar-refractivity contribution in [1.82, 2.24) is 5.32 Å². The highest BCUT2D eigenvalue weighted by Gasteiger charge is 2.13. The van der Waals surface area contributed by atoms with Crippen LogP contribution in [0.4, 0.5) is 0 Å². The number of methoxy groups -OCH3 is 2. The van der Waals surface area contributed by atoms with Crippen LogP contribution in [0.5, 0.6) is 23.0 Å². The van der Waals surface area contributed by atoms with Gasteiger partial charge in [0, 0.05) is 0 Å². The highest BCUT2D eigenvalue weighted by molar-refractivity contribution is 5.97. The van der Waals surface area contributed by atoms with Crippen LogP contribution in [0.1, 0.15) is 17.3 Å². The first-order valence-electron chi connectivity index (χ1n) is 8.03. The quantitative estimate of drug-likeness (QED) is 0.708. The fourth-order valence-electron chi connectivity index (χ4n) is 2.22. The molecule has 0 atom stereocenters. The van der Waals surface area contributed by atoms with Crippen molar-refractivity contribution < 1.29 is 23.7 Å².